The fraction of sp³-hybridized carbons (Fsp3) is 0.583. The Kier molecular flexibility index (Phi) is 4.23. The van der Waals surface area contributed by atoms with Crippen LogP contribution in [0.1, 0.15) is 18.9 Å². The number of thioether (sulfide) groups is 1. The highest BCUT2D eigenvalue weighted by molar-refractivity contribution is 8.00. The standard InChI is InChI=1S/C12H18FN3S/c1-2-11-8-16(3-4-17-11)12-9(6-14)5-10(13)7-15-12/h5,7,11H,2-4,6,8,14H2,1H3. The lowest BCUT2D eigenvalue weighted by Crippen LogP contribution is -2.38. The lowest BCUT2D eigenvalue weighted by atomic mass is 10.2. The third kappa shape index (κ3) is 2.90. The Balaban J connectivity index is 2.20. The molecule has 1 fully saturated rings. The monoisotopic (exact) mass is 255 g/mol. The Morgan fingerprint density at radius 1 is 1.65 bits per heavy atom. The number of halogens is 1. The molecular formula is C12H18FN3S. The van der Waals surface area contributed by atoms with Crippen molar-refractivity contribution >= 4 is 17.6 Å². The molecule has 0 amide bonds. The summed E-state index contributed by atoms with van der Waals surface area (Å²) in [7, 11) is 0. The van der Waals surface area contributed by atoms with Crippen molar-refractivity contribution in [2.75, 3.05) is 23.7 Å². The average molecular weight is 255 g/mol. The molecule has 0 bridgehead atoms. The lowest BCUT2D eigenvalue weighted by molar-refractivity contribution is 0.616. The summed E-state index contributed by atoms with van der Waals surface area (Å²) in [5.74, 6) is 1.64. The maximum atomic E-state index is 13.1. The van der Waals surface area contributed by atoms with Crippen molar-refractivity contribution in [1.29, 1.82) is 0 Å². The molecule has 1 aromatic rings. The van der Waals surface area contributed by atoms with Crippen molar-refractivity contribution in [2.24, 2.45) is 5.73 Å². The van der Waals surface area contributed by atoms with E-state index in [0.29, 0.717) is 11.8 Å². The highest BCUT2D eigenvalue weighted by Crippen LogP contribution is 2.26. The van der Waals surface area contributed by atoms with E-state index in [1.54, 1.807) is 0 Å². The van der Waals surface area contributed by atoms with Crippen LogP contribution in [0.2, 0.25) is 0 Å². The number of hydrogen-bond donors (Lipinski definition) is 1. The van der Waals surface area contributed by atoms with Gasteiger partial charge in [-0.05, 0) is 12.5 Å². The highest BCUT2D eigenvalue weighted by Gasteiger charge is 2.21. The summed E-state index contributed by atoms with van der Waals surface area (Å²) < 4.78 is 13.1. The molecule has 5 heteroatoms. The second-order valence-electron chi connectivity index (χ2n) is 4.19. The van der Waals surface area contributed by atoms with Crippen molar-refractivity contribution < 1.29 is 4.39 Å². The van der Waals surface area contributed by atoms with E-state index in [0.717, 1.165) is 36.6 Å². The molecule has 1 atom stereocenters. The van der Waals surface area contributed by atoms with Crippen molar-refractivity contribution in [3.8, 4) is 0 Å². The lowest BCUT2D eigenvalue weighted by Gasteiger charge is -2.33. The summed E-state index contributed by atoms with van der Waals surface area (Å²) in [6.07, 6.45) is 2.43. The van der Waals surface area contributed by atoms with Gasteiger partial charge >= 0.3 is 0 Å². The average Bonchev–Trinajstić information content (AvgIpc) is 2.38. The number of anilines is 1. The molecule has 1 aromatic heterocycles. The normalized spacial score (nSPS) is 20.6. The quantitative estimate of drug-likeness (QED) is 0.897. The zero-order valence-corrected chi connectivity index (χ0v) is 10.8. The number of hydrogen-bond acceptors (Lipinski definition) is 4. The number of pyridine rings is 1. The first-order chi connectivity index (χ1) is 8.24. The second kappa shape index (κ2) is 5.69. The van der Waals surface area contributed by atoms with Crippen LogP contribution in [0.15, 0.2) is 12.3 Å². The maximum Gasteiger partial charge on any atom is 0.141 e. The Bertz CT molecular complexity index is 386. The molecule has 1 saturated heterocycles. The summed E-state index contributed by atoms with van der Waals surface area (Å²) in [6.45, 7) is 4.48. The van der Waals surface area contributed by atoms with Crippen molar-refractivity contribution in [2.45, 2.75) is 25.1 Å². The molecule has 94 valence electrons. The minimum absolute atomic E-state index is 0.312. The van der Waals surface area contributed by atoms with Gasteiger partial charge < -0.3 is 10.6 Å². The van der Waals surface area contributed by atoms with E-state index >= 15 is 0 Å². The molecule has 1 aliphatic rings. The van der Waals surface area contributed by atoms with E-state index in [-0.39, 0.29) is 5.82 Å². The number of aromatic nitrogens is 1. The Morgan fingerprint density at radius 3 is 3.18 bits per heavy atom. The molecule has 0 saturated carbocycles. The predicted octanol–water partition coefficient (Wildman–Crippen LogP) is 2.01. The summed E-state index contributed by atoms with van der Waals surface area (Å²) >= 11 is 2.00. The van der Waals surface area contributed by atoms with E-state index < -0.39 is 0 Å². The Labute approximate surface area is 106 Å². The molecule has 0 aromatic carbocycles. The van der Waals surface area contributed by atoms with Crippen LogP contribution in [0.4, 0.5) is 10.2 Å². The molecular weight excluding hydrogens is 237 g/mol. The van der Waals surface area contributed by atoms with Crippen LogP contribution in [0.5, 0.6) is 0 Å². The van der Waals surface area contributed by atoms with Gasteiger partial charge in [-0.1, -0.05) is 6.92 Å². The van der Waals surface area contributed by atoms with Crippen molar-refractivity contribution in [1.82, 2.24) is 4.98 Å². The van der Waals surface area contributed by atoms with Gasteiger partial charge in [0.2, 0.25) is 0 Å². The summed E-state index contributed by atoms with van der Waals surface area (Å²) in [5, 5.41) is 0.640. The van der Waals surface area contributed by atoms with E-state index in [2.05, 4.69) is 16.8 Å². The van der Waals surface area contributed by atoms with Gasteiger partial charge in [-0.3, -0.25) is 0 Å². The zero-order valence-electron chi connectivity index (χ0n) is 10.0. The van der Waals surface area contributed by atoms with Gasteiger partial charge in [-0.2, -0.15) is 11.8 Å². The van der Waals surface area contributed by atoms with Crippen LogP contribution in [0, 0.1) is 5.82 Å². The predicted molar refractivity (Wildman–Crippen MR) is 70.8 cm³/mol. The zero-order chi connectivity index (χ0) is 12.3. The molecule has 1 aliphatic heterocycles. The van der Waals surface area contributed by atoms with Gasteiger partial charge in [-0.15, -0.1) is 0 Å². The van der Waals surface area contributed by atoms with Gasteiger partial charge in [0.15, 0.2) is 0 Å². The summed E-state index contributed by atoms with van der Waals surface area (Å²) in [6, 6.07) is 1.49. The number of rotatable bonds is 3. The summed E-state index contributed by atoms with van der Waals surface area (Å²) in [5.41, 5.74) is 6.45. The molecule has 17 heavy (non-hydrogen) atoms. The van der Waals surface area contributed by atoms with Gasteiger partial charge in [0, 0.05) is 36.2 Å². The van der Waals surface area contributed by atoms with Crippen LogP contribution in [-0.2, 0) is 6.54 Å². The fourth-order valence-corrected chi connectivity index (χ4v) is 3.25. The Hall–Kier alpha value is -0.810. The third-order valence-corrected chi connectivity index (χ3v) is 4.40. The molecule has 2 heterocycles. The molecule has 2 N–H and O–H groups in total. The van der Waals surface area contributed by atoms with Crippen LogP contribution < -0.4 is 10.6 Å². The van der Waals surface area contributed by atoms with Gasteiger partial charge in [-0.25, -0.2) is 9.37 Å². The van der Waals surface area contributed by atoms with Crippen LogP contribution in [0.3, 0.4) is 0 Å². The largest absolute Gasteiger partial charge is 0.354 e. The molecule has 3 nitrogen and oxygen atoms in total. The molecule has 0 aliphatic carbocycles. The molecule has 1 unspecified atom stereocenters. The van der Waals surface area contributed by atoms with Crippen LogP contribution in [-0.4, -0.2) is 29.1 Å². The minimum Gasteiger partial charge on any atom is -0.354 e. The summed E-state index contributed by atoms with van der Waals surface area (Å²) in [4.78, 5) is 6.43. The smallest absolute Gasteiger partial charge is 0.141 e. The first-order valence-electron chi connectivity index (χ1n) is 5.95. The molecule has 2 rings (SSSR count). The van der Waals surface area contributed by atoms with Crippen molar-refractivity contribution in [3.05, 3.63) is 23.6 Å². The first-order valence-corrected chi connectivity index (χ1v) is 7.00. The Morgan fingerprint density at radius 2 is 2.47 bits per heavy atom. The van der Waals surface area contributed by atoms with Gasteiger partial charge in [0.05, 0.1) is 6.20 Å². The minimum atomic E-state index is -0.312. The van der Waals surface area contributed by atoms with E-state index in [1.165, 1.54) is 12.3 Å². The third-order valence-electron chi connectivity index (χ3n) is 3.02. The van der Waals surface area contributed by atoms with Crippen molar-refractivity contribution in [3.63, 3.8) is 0 Å². The van der Waals surface area contributed by atoms with Gasteiger partial charge in [0.1, 0.15) is 11.6 Å². The number of nitrogens with two attached hydrogens (primary N) is 1. The molecule has 0 spiro atoms. The SMILES string of the molecule is CCC1CN(c2ncc(F)cc2CN)CCS1. The fourth-order valence-electron chi connectivity index (χ4n) is 2.07. The highest BCUT2D eigenvalue weighted by atomic mass is 32.2. The van der Waals surface area contributed by atoms with Crippen LogP contribution in [0.25, 0.3) is 0 Å². The maximum absolute atomic E-state index is 13.1. The first kappa shape index (κ1) is 12.6. The van der Waals surface area contributed by atoms with Crippen LogP contribution >= 0.6 is 11.8 Å². The van der Waals surface area contributed by atoms with E-state index in [1.807, 2.05) is 11.8 Å². The van der Waals surface area contributed by atoms with E-state index in [4.69, 9.17) is 5.73 Å². The molecule has 0 radical (unpaired) electrons. The van der Waals surface area contributed by atoms with Gasteiger partial charge in [0.25, 0.3) is 0 Å². The van der Waals surface area contributed by atoms with E-state index in [9.17, 15) is 4.39 Å². The second-order valence-corrected chi connectivity index (χ2v) is 5.60. The number of nitrogens with zero attached hydrogens (tertiary/aromatic N) is 2. The topological polar surface area (TPSA) is 42.2 Å².